The summed E-state index contributed by atoms with van der Waals surface area (Å²) in [7, 11) is 0. The van der Waals surface area contributed by atoms with Crippen molar-refractivity contribution in [1.82, 2.24) is 10.2 Å². The van der Waals surface area contributed by atoms with Gasteiger partial charge in [0.1, 0.15) is 5.82 Å². The Labute approximate surface area is 73.9 Å². The van der Waals surface area contributed by atoms with Crippen molar-refractivity contribution in [3.8, 4) is 0 Å². The van der Waals surface area contributed by atoms with Crippen LogP contribution in [-0.2, 0) is 0 Å². The number of nitrogens with zero attached hydrogens (tertiary/aromatic N) is 1. The van der Waals surface area contributed by atoms with Gasteiger partial charge in [-0.15, -0.1) is 0 Å². The molecule has 0 unspecified atom stereocenters. The predicted octanol–water partition coefficient (Wildman–Crippen LogP) is 1.28. The van der Waals surface area contributed by atoms with E-state index in [-0.39, 0.29) is 0 Å². The second-order valence-electron chi connectivity index (χ2n) is 3.33. The number of dihydropyridines is 1. The summed E-state index contributed by atoms with van der Waals surface area (Å²) in [5.74, 6) is 1.26. The largest absolute Gasteiger partial charge is 0.368 e. The van der Waals surface area contributed by atoms with E-state index in [2.05, 4.69) is 22.4 Å². The molecule has 0 spiro atoms. The molecule has 12 heavy (non-hydrogen) atoms. The zero-order valence-electron chi connectivity index (χ0n) is 7.34. The number of nitrogens with one attached hydrogen (secondary N) is 1. The predicted molar refractivity (Wildman–Crippen MR) is 49.3 cm³/mol. The Bertz CT molecular complexity index is 200. The summed E-state index contributed by atoms with van der Waals surface area (Å²) in [6.07, 6.45) is 11.3. The first-order valence-corrected chi connectivity index (χ1v) is 4.73. The molecule has 0 aromatic rings. The molecule has 1 radical (unpaired) electrons. The van der Waals surface area contributed by atoms with Gasteiger partial charge in [0.25, 0.3) is 0 Å². The van der Waals surface area contributed by atoms with Crippen LogP contribution >= 0.6 is 0 Å². The number of likely N-dealkylation sites (tertiary alicyclic amines) is 1. The molecule has 2 heterocycles. The van der Waals surface area contributed by atoms with Crippen LogP contribution < -0.4 is 5.32 Å². The van der Waals surface area contributed by atoms with E-state index in [1.807, 2.05) is 6.08 Å². The minimum Gasteiger partial charge on any atom is -0.368 e. The molecule has 0 aliphatic carbocycles. The molecule has 2 rings (SSSR count). The Morgan fingerprint density at radius 2 is 2.08 bits per heavy atom. The van der Waals surface area contributed by atoms with Crippen molar-refractivity contribution in [2.24, 2.45) is 0 Å². The van der Waals surface area contributed by atoms with Crippen LogP contribution in [0.2, 0.25) is 0 Å². The molecule has 0 saturated carbocycles. The maximum Gasteiger partial charge on any atom is 0.102 e. The van der Waals surface area contributed by atoms with E-state index in [1.54, 1.807) is 0 Å². The maximum absolute atomic E-state index is 3.36. The first kappa shape index (κ1) is 7.71. The Kier molecular flexibility index (Phi) is 2.35. The highest BCUT2D eigenvalue weighted by atomic mass is 15.2. The van der Waals surface area contributed by atoms with Gasteiger partial charge in [0.15, 0.2) is 0 Å². The zero-order chi connectivity index (χ0) is 8.23. The van der Waals surface area contributed by atoms with Crippen LogP contribution in [0.15, 0.2) is 18.0 Å². The lowest BCUT2D eigenvalue weighted by Crippen LogP contribution is -2.36. The number of allylic oxidation sites excluding steroid dienone is 2. The average molecular weight is 163 g/mol. The topological polar surface area (TPSA) is 15.3 Å². The van der Waals surface area contributed by atoms with Gasteiger partial charge in [-0.2, -0.15) is 0 Å². The third-order valence-electron chi connectivity index (χ3n) is 2.42. The Morgan fingerprint density at radius 3 is 2.75 bits per heavy atom. The molecule has 0 aromatic carbocycles. The standard InChI is InChI=1S/C10H15N2/c1-4-8-12(9-5-1)10-6-2-3-7-11-10/h3,6,11H,1,4-5,7-9H2. The fourth-order valence-electron chi connectivity index (χ4n) is 1.74. The minimum absolute atomic E-state index is 0.933. The first-order chi connectivity index (χ1) is 5.97. The normalized spacial score (nSPS) is 23.3. The molecule has 2 heteroatoms. The summed E-state index contributed by atoms with van der Waals surface area (Å²) < 4.78 is 0. The van der Waals surface area contributed by atoms with Crippen LogP contribution in [0.5, 0.6) is 0 Å². The van der Waals surface area contributed by atoms with E-state index in [0.29, 0.717) is 0 Å². The smallest absolute Gasteiger partial charge is 0.102 e. The van der Waals surface area contributed by atoms with Gasteiger partial charge in [-0.05, 0) is 31.4 Å². The van der Waals surface area contributed by atoms with Crippen molar-refractivity contribution in [3.63, 3.8) is 0 Å². The summed E-state index contributed by atoms with van der Waals surface area (Å²) >= 11 is 0. The zero-order valence-corrected chi connectivity index (χ0v) is 7.34. The summed E-state index contributed by atoms with van der Waals surface area (Å²) in [5.41, 5.74) is 0. The van der Waals surface area contributed by atoms with E-state index in [0.717, 1.165) is 6.54 Å². The first-order valence-electron chi connectivity index (χ1n) is 4.73. The van der Waals surface area contributed by atoms with Crippen LogP contribution in [0.1, 0.15) is 19.3 Å². The van der Waals surface area contributed by atoms with Gasteiger partial charge in [-0.1, -0.05) is 6.08 Å². The van der Waals surface area contributed by atoms with Gasteiger partial charge in [0, 0.05) is 19.6 Å². The van der Waals surface area contributed by atoms with Crippen LogP contribution in [0, 0.1) is 6.08 Å². The molecular weight excluding hydrogens is 148 g/mol. The van der Waals surface area contributed by atoms with Crippen LogP contribution in [0.3, 0.4) is 0 Å². The van der Waals surface area contributed by atoms with Crippen molar-refractivity contribution in [1.29, 1.82) is 0 Å². The Hall–Kier alpha value is -0.920. The highest BCUT2D eigenvalue weighted by molar-refractivity contribution is 5.11. The quantitative estimate of drug-likeness (QED) is 0.626. The molecular formula is C10H15N2. The highest BCUT2D eigenvalue weighted by Gasteiger charge is 2.12. The van der Waals surface area contributed by atoms with Crippen LogP contribution in [0.25, 0.3) is 0 Å². The van der Waals surface area contributed by atoms with Gasteiger partial charge in [-0.25, -0.2) is 0 Å². The van der Waals surface area contributed by atoms with Gasteiger partial charge < -0.3 is 10.2 Å². The molecule has 0 bridgehead atoms. The minimum atomic E-state index is 0.933. The number of piperidine rings is 1. The van der Waals surface area contributed by atoms with Crippen LogP contribution in [0.4, 0.5) is 0 Å². The molecule has 1 N–H and O–H groups in total. The van der Waals surface area contributed by atoms with E-state index in [4.69, 9.17) is 0 Å². The van der Waals surface area contributed by atoms with Crippen molar-refractivity contribution in [2.45, 2.75) is 19.3 Å². The van der Waals surface area contributed by atoms with Crippen molar-refractivity contribution in [3.05, 3.63) is 24.0 Å². The number of hydrogen-bond acceptors (Lipinski definition) is 2. The summed E-state index contributed by atoms with van der Waals surface area (Å²) in [6, 6.07) is 0. The third-order valence-corrected chi connectivity index (χ3v) is 2.42. The molecule has 2 aliphatic rings. The van der Waals surface area contributed by atoms with Crippen molar-refractivity contribution in [2.75, 3.05) is 19.6 Å². The van der Waals surface area contributed by atoms with E-state index >= 15 is 0 Å². The van der Waals surface area contributed by atoms with E-state index in [9.17, 15) is 0 Å². The Balaban J connectivity index is 1.97. The van der Waals surface area contributed by atoms with Crippen molar-refractivity contribution < 1.29 is 0 Å². The molecule has 2 aliphatic heterocycles. The van der Waals surface area contributed by atoms with Gasteiger partial charge in [-0.3, -0.25) is 0 Å². The summed E-state index contributed by atoms with van der Waals surface area (Å²) in [4.78, 5) is 2.42. The van der Waals surface area contributed by atoms with Crippen molar-refractivity contribution >= 4 is 0 Å². The van der Waals surface area contributed by atoms with E-state index in [1.165, 1.54) is 38.2 Å². The second-order valence-corrected chi connectivity index (χ2v) is 3.33. The lowest BCUT2D eigenvalue weighted by Gasteiger charge is -2.31. The molecule has 2 nitrogen and oxygen atoms in total. The number of hydrogen-bond donors (Lipinski definition) is 1. The summed E-state index contributed by atoms with van der Waals surface area (Å²) in [6.45, 7) is 3.35. The van der Waals surface area contributed by atoms with Gasteiger partial charge in [0.2, 0.25) is 0 Å². The second kappa shape index (κ2) is 3.65. The average Bonchev–Trinajstić information content (AvgIpc) is 2.21. The van der Waals surface area contributed by atoms with Crippen LogP contribution in [-0.4, -0.2) is 24.5 Å². The monoisotopic (exact) mass is 163 g/mol. The number of rotatable bonds is 1. The lowest BCUT2D eigenvalue weighted by molar-refractivity contribution is 0.268. The molecule has 0 atom stereocenters. The van der Waals surface area contributed by atoms with Gasteiger partial charge >= 0.3 is 0 Å². The fourth-order valence-corrected chi connectivity index (χ4v) is 1.74. The maximum atomic E-state index is 3.36. The molecule has 1 saturated heterocycles. The molecule has 1 fully saturated rings. The van der Waals surface area contributed by atoms with E-state index < -0.39 is 0 Å². The SMILES string of the molecule is [C]1=CCNC(N2CCCCC2)=C1. The molecule has 0 amide bonds. The third kappa shape index (κ3) is 1.63. The Morgan fingerprint density at radius 1 is 1.25 bits per heavy atom. The molecule has 65 valence electrons. The highest BCUT2D eigenvalue weighted by Crippen LogP contribution is 2.13. The lowest BCUT2D eigenvalue weighted by atomic mass is 10.1. The molecule has 0 aromatic heterocycles. The summed E-state index contributed by atoms with van der Waals surface area (Å²) in [5, 5.41) is 3.36. The van der Waals surface area contributed by atoms with Gasteiger partial charge in [0.05, 0.1) is 0 Å². The fraction of sp³-hybridized carbons (Fsp3) is 0.600.